The number of hydrogen-bond acceptors (Lipinski definition) is 4. The molecule has 1 amide bonds. The molecule has 0 spiro atoms. The Kier molecular flexibility index (Phi) is 7.21. The third-order valence-corrected chi connectivity index (χ3v) is 4.07. The van der Waals surface area contributed by atoms with Gasteiger partial charge in [-0.15, -0.1) is 0 Å². The molecule has 0 aliphatic carbocycles. The molecule has 1 heterocycles. The Morgan fingerprint density at radius 2 is 1.96 bits per heavy atom. The molecule has 0 radical (unpaired) electrons. The van der Waals surface area contributed by atoms with E-state index in [4.69, 9.17) is 16.3 Å². The van der Waals surface area contributed by atoms with E-state index in [0.717, 1.165) is 11.4 Å². The number of hydrogen-bond donors (Lipinski definition) is 1. The van der Waals surface area contributed by atoms with E-state index in [-0.39, 0.29) is 24.2 Å². The zero-order valence-electron chi connectivity index (χ0n) is 15.3. The minimum Gasteiger partial charge on any atom is -0.466 e. The second-order valence-electron chi connectivity index (χ2n) is 6.15. The number of benzene rings is 1. The summed E-state index contributed by atoms with van der Waals surface area (Å²) in [6.07, 6.45) is 2.40. The van der Waals surface area contributed by atoms with Gasteiger partial charge >= 0.3 is 5.97 Å². The van der Waals surface area contributed by atoms with Crippen LogP contribution in [-0.4, -0.2) is 34.8 Å². The summed E-state index contributed by atoms with van der Waals surface area (Å²) in [5, 5.41) is 7.87. The second kappa shape index (κ2) is 9.38. The van der Waals surface area contributed by atoms with Crippen LogP contribution < -0.4 is 5.32 Å². The molecule has 0 bridgehead atoms. The lowest BCUT2D eigenvalue weighted by Crippen LogP contribution is -2.26. The molecule has 0 saturated heterocycles. The Morgan fingerprint density at radius 3 is 2.58 bits per heavy atom. The van der Waals surface area contributed by atoms with E-state index in [1.165, 1.54) is 0 Å². The van der Waals surface area contributed by atoms with Gasteiger partial charge in [0.05, 0.1) is 29.7 Å². The van der Waals surface area contributed by atoms with E-state index in [2.05, 4.69) is 10.4 Å². The van der Waals surface area contributed by atoms with Crippen LogP contribution in [0.1, 0.15) is 55.6 Å². The van der Waals surface area contributed by atoms with Gasteiger partial charge in [-0.25, -0.2) is 4.68 Å². The van der Waals surface area contributed by atoms with Crippen molar-refractivity contribution in [3.05, 3.63) is 46.7 Å². The highest BCUT2D eigenvalue weighted by molar-refractivity contribution is 6.30. The van der Waals surface area contributed by atoms with Gasteiger partial charge < -0.3 is 10.1 Å². The van der Waals surface area contributed by atoms with Crippen molar-refractivity contribution in [1.82, 2.24) is 15.1 Å². The first-order chi connectivity index (χ1) is 12.4. The van der Waals surface area contributed by atoms with Crippen LogP contribution in [0.15, 0.2) is 30.5 Å². The fraction of sp³-hybridized carbons (Fsp3) is 0.421. The number of aromatic nitrogens is 2. The lowest BCUT2D eigenvalue weighted by Gasteiger charge is -2.13. The van der Waals surface area contributed by atoms with Crippen LogP contribution in [0.2, 0.25) is 5.02 Å². The van der Waals surface area contributed by atoms with E-state index in [1.807, 2.05) is 26.0 Å². The molecule has 0 fully saturated rings. The van der Waals surface area contributed by atoms with Gasteiger partial charge in [0.2, 0.25) is 0 Å². The zero-order chi connectivity index (χ0) is 19.1. The molecule has 0 saturated carbocycles. The number of ether oxygens (including phenoxy) is 1. The zero-order valence-corrected chi connectivity index (χ0v) is 16.0. The topological polar surface area (TPSA) is 73.2 Å². The van der Waals surface area contributed by atoms with Crippen molar-refractivity contribution in [2.45, 2.75) is 39.5 Å². The molecule has 6 nitrogen and oxygen atoms in total. The fourth-order valence-electron chi connectivity index (χ4n) is 2.64. The van der Waals surface area contributed by atoms with Gasteiger partial charge in [-0.3, -0.25) is 9.59 Å². The van der Waals surface area contributed by atoms with E-state index < -0.39 is 0 Å². The number of esters is 1. The maximum atomic E-state index is 12.5. The highest BCUT2D eigenvalue weighted by Gasteiger charge is 2.20. The van der Waals surface area contributed by atoms with Crippen molar-refractivity contribution < 1.29 is 14.3 Å². The Labute approximate surface area is 158 Å². The third kappa shape index (κ3) is 5.08. The van der Waals surface area contributed by atoms with Crippen molar-refractivity contribution >= 4 is 23.5 Å². The highest BCUT2D eigenvalue weighted by Crippen LogP contribution is 2.24. The number of nitrogens with zero attached hydrogens (tertiary/aromatic N) is 2. The van der Waals surface area contributed by atoms with E-state index >= 15 is 0 Å². The van der Waals surface area contributed by atoms with Gasteiger partial charge in [-0.2, -0.15) is 5.10 Å². The predicted octanol–water partition coefficient (Wildman–Crippen LogP) is 3.72. The lowest BCUT2D eigenvalue weighted by atomic mass is 10.0. The Bertz CT molecular complexity index is 754. The summed E-state index contributed by atoms with van der Waals surface area (Å²) >= 11 is 5.94. The molecule has 26 heavy (non-hydrogen) atoms. The summed E-state index contributed by atoms with van der Waals surface area (Å²) in [5.41, 5.74) is 2.21. The molecule has 1 N–H and O–H groups in total. The number of carbonyl (C=O) groups is 2. The minimum absolute atomic E-state index is 0.105. The van der Waals surface area contributed by atoms with Crippen LogP contribution in [0.3, 0.4) is 0 Å². The smallest absolute Gasteiger partial charge is 0.305 e. The minimum atomic E-state index is -0.250. The molecule has 1 aromatic heterocycles. The van der Waals surface area contributed by atoms with Crippen LogP contribution in [0.25, 0.3) is 5.69 Å². The van der Waals surface area contributed by atoms with Crippen LogP contribution in [-0.2, 0) is 9.53 Å². The first kappa shape index (κ1) is 20.0. The van der Waals surface area contributed by atoms with Crippen LogP contribution in [0.5, 0.6) is 0 Å². The summed E-state index contributed by atoms with van der Waals surface area (Å²) in [5.74, 6) is -0.341. The Morgan fingerprint density at radius 1 is 1.27 bits per heavy atom. The monoisotopic (exact) mass is 377 g/mol. The van der Waals surface area contributed by atoms with Crippen molar-refractivity contribution in [2.24, 2.45) is 0 Å². The summed E-state index contributed by atoms with van der Waals surface area (Å²) < 4.78 is 6.63. The number of amides is 1. The molecule has 140 valence electrons. The van der Waals surface area contributed by atoms with Crippen molar-refractivity contribution in [1.29, 1.82) is 0 Å². The Balaban J connectivity index is 2.08. The summed E-state index contributed by atoms with van der Waals surface area (Å²) in [6, 6.07) is 7.31. The standard InChI is InChI=1S/C19H24ClN3O3/c1-4-26-17(24)6-5-11-21-19(25)16-12-22-23(18(16)13(2)3)15-9-7-14(20)8-10-15/h7-10,12-13H,4-6,11H2,1-3H3,(H,21,25). The Hall–Kier alpha value is -2.34. The quantitative estimate of drug-likeness (QED) is 0.562. The molecule has 0 aliphatic rings. The van der Waals surface area contributed by atoms with Crippen molar-refractivity contribution in [3.8, 4) is 5.69 Å². The number of halogens is 1. The van der Waals surface area contributed by atoms with Gasteiger partial charge in [0.15, 0.2) is 0 Å². The number of rotatable bonds is 8. The van der Waals surface area contributed by atoms with Gasteiger partial charge in [-0.1, -0.05) is 25.4 Å². The molecule has 0 unspecified atom stereocenters. The van der Waals surface area contributed by atoms with Gasteiger partial charge in [-0.05, 0) is 43.5 Å². The molecular formula is C19H24ClN3O3. The van der Waals surface area contributed by atoms with E-state index in [9.17, 15) is 9.59 Å². The largest absolute Gasteiger partial charge is 0.466 e. The van der Waals surface area contributed by atoms with Crippen LogP contribution in [0.4, 0.5) is 0 Å². The van der Waals surface area contributed by atoms with E-state index in [1.54, 1.807) is 29.9 Å². The lowest BCUT2D eigenvalue weighted by molar-refractivity contribution is -0.143. The number of carbonyl (C=O) groups excluding carboxylic acids is 2. The van der Waals surface area contributed by atoms with E-state index in [0.29, 0.717) is 30.2 Å². The maximum absolute atomic E-state index is 12.5. The summed E-state index contributed by atoms with van der Waals surface area (Å²) in [4.78, 5) is 23.9. The third-order valence-electron chi connectivity index (χ3n) is 3.82. The van der Waals surface area contributed by atoms with Crippen molar-refractivity contribution in [2.75, 3.05) is 13.2 Å². The SMILES string of the molecule is CCOC(=O)CCCNC(=O)c1cnn(-c2ccc(Cl)cc2)c1C(C)C. The average molecular weight is 378 g/mol. The normalized spacial score (nSPS) is 10.8. The summed E-state index contributed by atoms with van der Waals surface area (Å²) in [6.45, 7) is 6.57. The summed E-state index contributed by atoms with van der Waals surface area (Å²) in [7, 11) is 0. The second-order valence-corrected chi connectivity index (χ2v) is 6.59. The molecule has 7 heteroatoms. The highest BCUT2D eigenvalue weighted by atomic mass is 35.5. The van der Waals surface area contributed by atoms with Crippen LogP contribution >= 0.6 is 11.6 Å². The first-order valence-electron chi connectivity index (χ1n) is 8.71. The van der Waals surface area contributed by atoms with Gasteiger partial charge in [0.25, 0.3) is 5.91 Å². The first-order valence-corrected chi connectivity index (χ1v) is 9.09. The van der Waals surface area contributed by atoms with Crippen molar-refractivity contribution in [3.63, 3.8) is 0 Å². The predicted molar refractivity (Wildman–Crippen MR) is 101 cm³/mol. The molecule has 0 aliphatic heterocycles. The van der Waals surface area contributed by atoms with Gasteiger partial charge in [0.1, 0.15) is 0 Å². The number of nitrogens with one attached hydrogen (secondary N) is 1. The molecule has 0 atom stereocenters. The average Bonchev–Trinajstić information content (AvgIpc) is 3.05. The maximum Gasteiger partial charge on any atom is 0.305 e. The van der Waals surface area contributed by atoms with Crippen LogP contribution in [0, 0.1) is 0 Å². The molecule has 1 aromatic carbocycles. The molecular weight excluding hydrogens is 354 g/mol. The molecule has 2 aromatic rings. The van der Waals surface area contributed by atoms with Gasteiger partial charge in [0, 0.05) is 18.0 Å². The molecule has 2 rings (SSSR count). The fourth-order valence-corrected chi connectivity index (χ4v) is 2.77.